The zero-order chi connectivity index (χ0) is 30.9. The monoisotopic (exact) mass is 612 g/mol. The van der Waals surface area contributed by atoms with E-state index in [1.54, 1.807) is 0 Å². The van der Waals surface area contributed by atoms with Crippen LogP contribution in [0.25, 0.3) is 5.69 Å². The van der Waals surface area contributed by atoms with Crippen LogP contribution in [0, 0.1) is 6.92 Å². The van der Waals surface area contributed by atoms with Gasteiger partial charge in [-0.2, -0.15) is 0 Å². The van der Waals surface area contributed by atoms with Gasteiger partial charge in [-0.05, 0) is 69.2 Å². The molecule has 2 heterocycles. The van der Waals surface area contributed by atoms with E-state index in [-0.39, 0.29) is 18.2 Å². The lowest BCUT2D eigenvalue weighted by molar-refractivity contribution is -0.121. The van der Waals surface area contributed by atoms with Crippen LogP contribution >= 0.6 is 11.6 Å². The van der Waals surface area contributed by atoms with Crippen molar-refractivity contribution in [3.05, 3.63) is 106 Å². The molecule has 0 bridgehead atoms. The van der Waals surface area contributed by atoms with Gasteiger partial charge in [0.25, 0.3) is 5.91 Å². The predicted octanol–water partition coefficient (Wildman–Crippen LogP) is 6.02. The molecule has 1 aromatic heterocycles. The first-order chi connectivity index (χ1) is 21.4. The van der Waals surface area contributed by atoms with Crippen LogP contribution in [0.2, 0.25) is 5.02 Å². The summed E-state index contributed by atoms with van der Waals surface area (Å²) in [6.45, 7) is 5.55. The Bertz CT molecular complexity index is 1620. The smallest absolute Gasteiger partial charge is 0.251 e. The van der Waals surface area contributed by atoms with Crippen molar-refractivity contribution in [3.63, 3.8) is 0 Å². The molecule has 10 heteroatoms. The first-order valence-electron chi connectivity index (χ1n) is 15.1. The summed E-state index contributed by atoms with van der Waals surface area (Å²) in [5, 5.41) is 15.3. The van der Waals surface area contributed by atoms with Gasteiger partial charge in [0.2, 0.25) is 5.91 Å². The van der Waals surface area contributed by atoms with E-state index in [0.29, 0.717) is 41.9 Å². The third-order valence-corrected chi connectivity index (χ3v) is 7.68. The Morgan fingerprint density at radius 2 is 1.70 bits per heavy atom. The number of aryl methyl sites for hydroxylation is 1. The molecular weight excluding hydrogens is 576 g/mol. The van der Waals surface area contributed by atoms with Gasteiger partial charge < -0.3 is 15.4 Å². The highest BCUT2D eigenvalue weighted by Gasteiger charge is 2.30. The SMILES string of the molecule is CCNC(=O)C[C@@H]1N=C(c2ccc(Cl)cc2)c2cc(OCCCCCCNC(=O)c3ccccc3)ccc2-n2c(C)nnc21. The largest absolute Gasteiger partial charge is 0.494 e. The first kappa shape index (κ1) is 30.9. The first-order valence-corrected chi connectivity index (χ1v) is 15.5. The van der Waals surface area contributed by atoms with Gasteiger partial charge in [-0.3, -0.25) is 19.1 Å². The molecule has 5 rings (SSSR count). The second-order valence-electron chi connectivity index (χ2n) is 10.7. The van der Waals surface area contributed by atoms with Gasteiger partial charge in [0, 0.05) is 34.8 Å². The average molecular weight is 613 g/mol. The molecule has 9 nitrogen and oxygen atoms in total. The maximum Gasteiger partial charge on any atom is 0.251 e. The fourth-order valence-corrected chi connectivity index (χ4v) is 5.37. The number of hydrogen-bond acceptors (Lipinski definition) is 6. The van der Waals surface area contributed by atoms with Gasteiger partial charge in [-0.25, -0.2) is 0 Å². The summed E-state index contributed by atoms with van der Waals surface area (Å²) < 4.78 is 8.17. The number of carbonyl (C=O) groups excluding carboxylic acids is 2. The van der Waals surface area contributed by atoms with Crippen molar-refractivity contribution in [2.75, 3.05) is 19.7 Å². The van der Waals surface area contributed by atoms with Crippen molar-refractivity contribution in [2.45, 2.75) is 52.0 Å². The highest BCUT2D eigenvalue weighted by Crippen LogP contribution is 2.34. The highest BCUT2D eigenvalue weighted by molar-refractivity contribution is 6.30. The molecule has 0 radical (unpaired) electrons. The fourth-order valence-electron chi connectivity index (χ4n) is 5.25. The minimum Gasteiger partial charge on any atom is -0.494 e. The molecule has 0 unspecified atom stereocenters. The van der Waals surface area contributed by atoms with Gasteiger partial charge >= 0.3 is 0 Å². The quantitative estimate of drug-likeness (QED) is 0.180. The van der Waals surface area contributed by atoms with Crippen LogP contribution in [0.4, 0.5) is 0 Å². The fraction of sp³-hybridized carbons (Fsp3) is 0.324. The molecule has 228 valence electrons. The highest BCUT2D eigenvalue weighted by atomic mass is 35.5. The van der Waals surface area contributed by atoms with Gasteiger partial charge in [-0.15, -0.1) is 10.2 Å². The summed E-state index contributed by atoms with van der Waals surface area (Å²) in [4.78, 5) is 30.0. The molecular formula is C34H37ClN6O3. The summed E-state index contributed by atoms with van der Waals surface area (Å²) in [6.07, 6.45) is 3.95. The number of benzene rings is 3. The number of ether oxygens (including phenoxy) is 1. The van der Waals surface area contributed by atoms with Gasteiger partial charge in [0.05, 0.1) is 24.4 Å². The van der Waals surface area contributed by atoms with Crippen molar-refractivity contribution in [1.82, 2.24) is 25.4 Å². The number of carbonyl (C=O) groups is 2. The minimum atomic E-state index is -0.525. The van der Waals surface area contributed by atoms with Crippen LogP contribution in [0.15, 0.2) is 77.8 Å². The molecule has 0 aliphatic carbocycles. The number of nitrogens with zero attached hydrogens (tertiary/aromatic N) is 4. The number of halogens is 1. The maximum atomic E-state index is 12.7. The summed E-state index contributed by atoms with van der Waals surface area (Å²) in [5.41, 5.74) is 4.03. The Hall–Kier alpha value is -4.50. The molecule has 0 fully saturated rings. The Kier molecular flexibility index (Phi) is 10.4. The normalized spacial score (nSPS) is 13.7. The molecule has 44 heavy (non-hydrogen) atoms. The van der Waals surface area contributed by atoms with Crippen molar-refractivity contribution in [1.29, 1.82) is 0 Å². The molecule has 0 spiro atoms. The Morgan fingerprint density at radius 1 is 0.932 bits per heavy atom. The van der Waals surface area contributed by atoms with Crippen molar-refractivity contribution >= 4 is 29.1 Å². The van der Waals surface area contributed by atoms with E-state index in [1.165, 1.54) is 0 Å². The number of amides is 2. The topological polar surface area (TPSA) is 110 Å². The molecule has 0 saturated carbocycles. The minimum absolute atomic E-state index is 0.0389. The van der Waals surface area contributed by atoms with E-state index < -0.39 is 6.04 Å². The number of aliphatic imine (C=N–C) groups is 1. The Morgan fingerprint density at radius 3 is 2.48 bits per heavy atom. The number of rotatable bonds is 13. The summed E-state index contributed by atoms with van der Waals surface area (Å²) in [5.74, 6) is 1.92. The average Bonchev–Trinajstić information content (AvgIpc) is 3.36. The number of hydrogen-bond donors (Lipinski definition) is 2. The molecule has 4 aromatic rings. The van der Waals surface area contributed by atoms with E-state index in [2.05, 4.69) is 20.8 Å². The van der Waals surface area contributed by atoms with E-state index in [4.69, 9.17) is 21.3 Å². The van der Waals surface area contributed by atoms with Crippen LogP contribution in [-0.2, 0) is 4.79 Å². The zero-order valence-corrected chi connectivity index (χ0v) is 25.8. The third-order valence-electron chi connectivity index (χ3n) is 7.43. The van der Waals surface area contributed by atoms with Crippen LogP contribution in [-0.4, -0.2) is 52.0 Å². The Balaban J connectivity index is 1.27. The van der Waals surface area contributed by atoms with E-state index in [0.717, 1.165) is 54.0 Å². The maximum absolute atomic E-state index is 12.7. The van der Waals surface area contributed by atoms with E-state index >= 15 is 0 Å². The van der Waals surface area contributed by atoms with E-state index in [9.17, 15) is 9.59 Å². The lowest BCUT2D eigenvalue weighted by atomic mass is 10.00. The lowest BCUT2D eigenvalue weighted by Gasteiger charge is -2.15. The number of aromatic nitrogens is 3. The number of fused-ring (bicyclic) bond motifs is 3. The van der Waals surface area contributed by atoms with Gasteiger partial charge in [0.15, 0.2) is 5.82 Å². The number of unbranched alkanes of at least 4 members (excludes halogenated alkanes) is 3. The zero-order valence-electron chi connectivity index (χ0n) is 25.1. The molecule has 1 atom stereocenters. The standard InChI is InChI=1S/C34H37ClN6O3/c1-3-36-31(42)22-29-33-40-39-23(2)41(33)30-18-17-27(21-28(30)32(38-29)24-13-15-26(35)16-14-24)44-20-10-5-4-9-19-37-34(43)25-11-7-6-8-12-25/h6-8,11-18,21,29H,3-5,9-10,19-20,22H2,1-2H3,(H,36,42)(H,37,43)/t29-/m0/s1. The van der Waals surface area contributed by atoms with Gasteiger partial charge in [0.1, 0.15) is 17.6 Å². The van der Waals surface area contributed by atoms with Crippen LogP contribution < -0.4 is 15.4 Å². The van der Waals surface area contributed by atoms with Crippen molar-refractivity contribution < 1.29 is 14.3 Å². The molecule has 1 aliphatic heterocycles. The summed E-state index contributed by atoms with van der Waals surface area (Å²) in [6, 6.07) is 22.2. The van der Waals surface area contributed by atoms with Crippen LogP contribution in [0.3, 0.4) is 0 Å². The summed E-state index contributed by atoms with van der Waals surface area (Å²) >= 11 is 6.21. The van der Waals surface area contributed by atoms with Crippen molar-refractivity contribution in [2.24, 2.45) is 4.99 Å². The lowest BCUT2D eigenvalue weighted by Crippen LogP contribution is -2.25. The summed E-state index contributed by atoms with van der Waals surface area (Å²) in [7, 11) is 0. The number of nitrogens with one attached hydrogen (secondary N) is 2. The second kappa shape index (κ2) is 14.8. The van der Waals surface area contributed by atoms with Crippen LogP contribution in [0.1, 0.15) is 78.2 Å². The molecule has 2 amide bonds. The van der Waals surface area contributed by atoms with E-state index in [1.807, 2.05) is 91.2 Å². The molecule has 1 aliphatic rings. The van der Waals surface area contributed by atoms with Gasteiger partial charge in [-0.1, -0.05) is 54.8 Å². The predicted molar refractivity (Wildman–Crippen MR) is 172 cm³/mol. The third kappa shape index (κ3) is 7.52. The van der Waals surface area contributed by atoms with Crippen LogP contribution in [0.5, 0.6) is 5.75 Å². The Labute approximate surface area is 262 Å². The molecule has 2 N–H and O–H groups in total. The molecule has 0 saturated heterocycles. The molecule has 3 aromatic carbocycles. The van der Waals surface area contributed by atoms with Crippen molar-refractivity contribution in [3.8, 4) is 11.4 Å². The second-order valence-corrected chi connectivity index (χ2v) is 11.1.